The van der Waals surface area contributed by atoms with Crippen LogP contribution in [0.25, 0.3) is 4.85 Å². The highest BCUT2D eigenvalue weighted by Gasteiger charge is 2.54. The minimum atomic E-state index is 0.431. The van der Waals surface area contributed by atoms with Crippen molar-refractivity contribution < 1.29 is 0 Å². The molecule has 2 heteroatoms. The van der Waals surface area contributed by atoms with Gasteiger partial charge in [-0.05, 0) is 66.8 Å². The zero-order valence-electron chi connectivity index (χ0n) is 11.2. The Morgan fingerprint density at radius 1 is 1.11 bits per heavy atom. The van der Waals surface area contributed by atoms with Crippen LogP contribution in [0.1, 0.15) is 39.5 Å². The molecule has 0 spiro atoms. The van der Waals surface area contributed by atoms with E-state index >= 15 is 0 Å². The van der Waals surface area contributed by atoms with E-state index in [2.05, 4.69) is 24.8 Å². The second-order valence-corrected chi connectivity index (χ2v) is 6.72. The van der Waals surface area contributed by atoms with E-state index in [4.69, 9.17) is 6.57 Å². The van der Waals surface area contributed by atoms with Crippen molar-refractivity contribution in [2.75, 3.05) is 0 Å². The fourth-order valence-electron chi connectivity index (χ4n) is 5.11. The van der Waals surface area contributed by atoms with Crippen LogP contribution in [0.2, 0.25) is 0 Å². The van der Waals surface area contributed by atoms with Gasteiger partial charge in [-0.15, -0.1) is 0 Å². The number of nitrogens with zero attached hydrogens (tertiary/aromatic N) is 2. The summed E-state index contributed by atoms with van der Waals surface area (Å²) in [4.78, 5) is 3.53. The first-order chi connectivity index (χ1) is 8.65. The molecule has 0 saturated heterocycles. The van der Waals surface area contributed by atoms with Gasteiger partial charge < -0.3 is 0 Å². The Hall–Kier alpha value is -1.28. The molecule has 18 heavy (non-hydrogen) atoms. The first-order valence-corrected chi connectivity index (χ1v) is 7.17. The molecule has 3 saturated carbocycles. The molecule has 94 valence electrons. The third-order valence-corrected chi connectivity index (χ3v) is 5.54. The van der Waals surface area contributed by atoms with Gasteiger partial charge in [0.1, 0.15) is 0 Å². The van der Waals surface area contributed by atoms with Gasteiger partial charge in [0.2, 0.25) is 0 Å². The highest BCUT2D eigenvalue weighted by atomic mass is 14.7. The number of hydrogen-bond donors (Lipinski definition) is 0. The van der Waals surface area contributed by atoms with Crippen molar-refractivity contribution in [3.63, 3.8) is 0 Å². The summed E-state index contributed by atoms with van der Waals surface area (Å²) in [6.07, 6.45) is 5.06. The Bertz CT molecular complexity index is 434. The maximum absolute atomic E-state index is 9.24. The summed E-state index contributed by atoms with van der Waals surface area (Å²) in [6.45, 7) is 11.9. The van der Waals surface area contributed by atoms with Crippen LogP contribution < -0.4 is 0 Å². The standard InChI is InChI=1S/C16H20N2/c1-9-4-11-12-5-10(2)7-14(12)16(13(11)6-9)15(8-17)18-3/h9-14H,4-7H2,1-2H3. The molecule has 0 N–H and O–H groups in total. The molecule has 3 aliphatic carbocycles. The Kier molecular flexibility index (Phi) is 2.70. The monoisotopic (exact) mass is 240 g/mol. The molecule has 0 aliphatic heterocycles. The van der Waals surface area contributed by atoms with Crippen LogP contribution in [0.5, 0.6) is 0 Å². The van der Waals surface area contributed by atoms with Crippen LogP contribution in [0.15, 0.2) is 11.3 Å². The number of hydrogen-bond acceptors (Lipinski definition) is 1. The van der Waals surface area contributed by atoms with E-state index in [1.165, 1.54) is 31.3 Å². The first kappa shape index (κ1) is 11.8. The average molecular weight is 240 g/mol. The van der Waals surface area contributed by atoms with E-state index in [1.54, 1.807) is 0 Å². The molecule has 3 rings (SSSR count). The van der Waals surface area contributed by atoms with Crippen molar-refractivity contribution in [2.24, 2.45) is 35.5 Å². The van der Waals surface area contributed by atoms with Crippen molar-refractivity contribution in [2.45, 2.75) is 39.5 Å². The zero-order valence-corrected chi connectivity index (χ0v) is 11.2. The summed E-state index contributed by atoms with van der Waals surface area (Å²) in [7, 11) is 0. The van der Waals surface area contributed by atoms with E-state index in [0.717, 1.165) is 23.7 Å². The number of fused-ring (bicyclic) bond motifs is 3. The van der Waals surface area contributed by atoms with Gasteiger partial charge in [-0.2, -0.15) is 0 Å². The summed E-state index contributed by atoms with van der Waals surface area (Å²) in [5.74, 6) is 4.22. The fourth-order valence-corrected chi connectivity index (χ4v) is 5.11. The van der Waals surface area contributed by atoms with E-state index in [0.29, 0.717) is 17.5 Å². The molecule has 0 amide bonds. The second kappa shape index (κ2) is 4.13. The quantitative estimate of drug-likeness (QED) is 0.464. The molecule has 3 fully saturated rings. The highest BCUT2D eigenvalue weighted by Crippen LogP contribution is 2.62. The lowest BCUT2D eigenvalue weighted by atomic mass is 9.88. The lowest BCUT2D eigenvalue weighted by Gasteiger charge is -2.16. The van der Waals surface area contributed by atoms with Crippen LogP contribution in [0, 0.1) is 53.4 Å². The molecule has 0 aromatic carbocycles. The van der Waals surface area contributed by atoms with Gasteiger partial charge in [-0.3, -0.25) is 0 Å². The first-order valence-electron chi connectivity index (χ1n) is 7.17. The Morgan fingerprint density at radius 2 is 1.61 bits per heavy atom. The Labute approximate surface area is 110 Å². The van der Waals surface area contributed by atoms with Crippen LogP contribution in [0.3, 0.4) is 0 Å². The molecule has 2 nitrogen and oxygen atoms in total. The SMILES string of the molecule is [C-]#[N+]C(C#N)=C1C2CC(C)CC2C2CC(C)CC12. The third-order valence-electron chi connectivity index (χ3n) is 5.54. The fraction of sp³-hybridized carbons (Fsp3) is 0.750. The minimum Gasteiger partial charge on any atom is -0.227 e. The summed E-state index contributed by atoms with van der Waals surface area (Å²) in [5.41, 5.74) is 1.69. The molecule has 0 aromatic rings. The van der Waals surface area contributed by atoms with Crippen LogP contribution in [-0.2, 0) is 0 Å². The van der Waals surface area contributed by atoms with Gasteiger partial charge in [0.25, 0.3) is 5.70 Å². The second-order valence-electron chi connectivity index (χ2n) is 6.72. The molecule has 0 bridgehead atoms. The van der Waals surface area contributed by atoms with Crippen molar-refractivity contribution >= 4 is 0 Å². The van der Waals surface area contributed by atoms with Crippen LogP contribution in [-0.4, -0.2) is 0 Å². The molecular formula is C16H20N2. The lowest BCUT2D eigenvalue weighted by molar-refractivity contribution is 0.319. The van der Waals surface area contributed by atoms with Gasteiger partial charge in [0, 0.05) is 0 Å². The molecule has 6 unspecified atom stereocenters. The topological polar surface area (TPSA) is 28.1 Å². The van der Waals surface area contributed by atoms with Crippen molar-refractivity contribution in [3.05, 3.63) is 22.7 Å². The molecule has 3 aliphatic rings. The predicted molar refractivity (Wildman–Crippen MR) is 70.0 cm³/mol. The van der Waals surface area contributed by atoms with Crippen LogP contribution >= 0.6 is 0 Å². The molecule has 6 atom stereocenters. The number of nitriles is 1. The summed E-state index contributed by atoms with van der Waals surface area (Å²) in [5, 5.41) is 9.24. The minimum absolute atomic E-state index is 0.431. The third kappa shape index (κ3) is 1.52. The summed E-state index contributed by atoms with van der Waals surface area (Å²) in [6, 6.07) is 2.17. The molecule has 0 heterocycles. The largest absolute Gasteiger partial charge is 0.261 e. The average Bonchev–Trinajstić information content (AvgIpc) is 2.94. The van der Waals surface area contributed by atoms with E-state index in [1.807, 2.05) is 0 Å². The summed E-state index contributed by atoms with van der Waals surface area (Å²) >= 11 is 0. The maximum atomic E-state index is 9.24. The van der Waals surface area contributed by atoms with Crippen molar-refractivity contribution in [1.29, 1.82) is 5.26 Å². The number of allylic oxidation sites excluding steroid dienone is 2. The Balaban J connectivity index is 2.05. The zero-order chi connectivity index (χ0) is 12.9. The molecular weight excluding hydrogens is 220 g/mol. The lowest BCUT2D eigenvalue weighted by Crippen LogP contribution is -2.10. The normalized spacial score (nSPS) is 45.2. The molecule has 0 radical (unpaired) electrons. The summed E-state index contributed by atoms with van der Waals surface area (Å²) < 4.78 is 0. The van der Waals surface area contributed by atoms with Gasteiger partial charge in [0.15, 0.2) is 0 Å². The van der Waals surface area contributed by atoms with Gasteiger partial charge in [-0.1, -0.05) is 13.8 Å². The van der Waals surface area contributed by atoms with E-state index in [-0.39, 0.29) is 0 Å². The van der Waals surface area contributed by atoms with E-state index in [9.17, 15) is 5.26 Å². The predicted octanol–water partition coefficient (Wildman–Crippen LogP) is 4.02. The Morgan fingerprint density at radius 3 is 2.00 bits per heavy atom. The smallest absolute Gasteiger partial charge is 0.227 e. The van der Waals surface area contributed by atoms with Gasteiger partial charge in [-0.25, -0.2) is 10.1 Å². The van der Waals surface area contributed by atoms with E-state index < -0.39 is 0 Å². The number of rotatable bonds is 0. The van der Waals surface area contributed by atoms with Crippen molar-refractivity contribution in [1.82, 2.24) is 0 Å². The van der Waals surface area contributed by atoms with Gasteiger partial charge >= 0.3 is 0 Å². The van der Waals surface area contributed by atoms with Gasteiger partial charge in [0.05, 0.1) is 12.6 Å². The maximum Gasteiger partial charge on any atom is 0.261 e. The van der Waals surface area contributed by atoms with Crippen LogP contribution in [0.4, 0.5) is 0 Å². The van der Waals surface area contributed by atoms with Crippen molar-refractivity contribution in [3.8, 4) is 6.07 Å². The molecule has 0 aromatic heterocycles. The highest BCUT2D eigenvalue weighted by molar-refractivity contribution is 5.40.